The number of hydrogen-bond acceptors (Lipinski definition) is 5. The molecule has 0 aromatic carbocycles. The summed E-state index contributed by atoms with van der Waals surface area (Å²) in [5.74, 6) is 1.29. The van der Waals surface area contributed by atoms with E-state index < -0.39 is 10.0 Å². The van der Waals surface area contributed by atoms with Gasteiger partial charge >= 0.3 is 0 Å². The molecule has 2 rings (SSSR count). The van der Waals surface area contributed by atoms with E-state index >= 15 is 0 Å². The predicted octanol–water partition coefficient (Wildman–Crippen LogP) is 1.25. The Balaban J connectivity index is 2.25. The first-order valence-corrected chi connectivity index (χ1v) is 8.21. The van der Waals surface area contributed by atoms with Gasteiger partial charge in [0, 0.05) is 23.6 Å². The first-order chi connectivity index (χ1) is 8.35. The summed E-state index contributed by atoms with van der Waals surface area (Å²) in [6.45, 7) is 5.32. The van der Waals surface area contributed by atoms with Gasteiger partial charge in [-0.05, 0) is 26.0 Å². The fourth-order valence-electron chi connectivity index (χ4n) is 1.91. The average molecular weight is 290 g/mol. The predicted molar refractivity (Wildman–Crippen MR) is 71.9 cm³/mol. The molecule has 0 atom stereocenters. The van der Waals surface area contributed by atoms with Gasteiger partial charge in [0.25, 0.3) is 10.0 Å². The Hall–Kier alpha value is -0.500. The van der Waals surface area contributed by atoms with Crippen molar-refractivity contribution in [1.82, 2.24) is 4.31 Å². The summed E-state index contributed by atoms with van der Waals surface area (Å²) < 4.78 is 31.5. The van der Waals surface area contributed by atoms with Gasteiger partial charge in [-0.3, -0.25) is 0 Å². The Morgan fingerprint density at radius 3 is 2.78 bits per heavy atom. The molecule has 0 aliphatic carbocycles. The Kier molecular flexibility index (Phi) is 3.77. The van der Waals surface area contributed by atoms with Crippen LogP contribution >= 0.6 is 11.8 Å². The number of rotatable bonds is 3. The van der Waals surface area contributed by atoms with Crippen molar-refractivity contribution < 1.29 is 12.8 Å². The van der Waals surface area contributed by atoms with Gasteiger partial charge in [-0.1, -0.05) is 0 Å². The Morgan fingerprint density at radius 2 is 2.22 bits per heavy atom. The molecule has 102 valence electrons. The molecule has 2 heterocycles. The van der Waals surface area contributed by atoms with Crippen LogP contribution in [0.15, 0.2) is 21.6 Å². The first kappa shape index (κ1) is 13.9. The summed E-state index contributed by atoms with van der Waals surface area (Å²) in [5.41, 5.74) is 5.42. The largest absolute Gasteiger partial charge is 0.447 e. The lowest BCUT2D eigenvalue weighted by Crippen LogP contribution is -2.45. The van der Waals surface area contributed by atoms with Crippen molar-refractivity contribution in [1.29, 1.82) is 0 Å². The minimum atomic E-state index is -3.52. The van der Waals surface area contributed by atoms with E-state index in [2.05, 4.69) is 0 Å². The van der Waals surface area contributed by atoms with E-state index in [-0.39, 0.29) is 16.4 Å². The smallest absolute Gasteiger partial charge is 0.276 e. The number of nitrogens with two attached hydrogens (primary N) is 1. The zero-order valence-corrected chi connectivity index (χ0v) is 12.2. The second kappa shape index (κ2) is 4.88. The van der Waals surface area contributed by atoms with Crippen molar-refractivity contribution in [2.75, 3.05) is 18.8 Å². The highest BCUT2D eigenvalue weighted by atomic mass is 32.2. The fourth-order valence-corrected chi connectivity index (χ4v) is 4.75. The van der Waals surface area contributed by atoms with Gasteiger partial charge in [-0.15, -0.1) is 0 Å². The second-order valence-electron chi connectivity index (χ2n) is 4.87. The maximum absolute atomic E-state index is 12.4. The lowest BCUT2D eigenvalue weighted by molar-refractivity contribution is 0.356. The van der Waals surface area contributed by atoms with E-state index in [0.717, 1.165) is 5.75 Å². The molecule has 1 aromatic rings. The van der Waals surface area contributed by atoms with Crippen molar-refractivity contribution >= 4 is 21.8 Å². The zero-order chi connectivity index (χ0) is 13.4. The topological polar surface area (TPSA) is 76.5 Å². The fraction of sp³-hybridized carbons (Fsp3) is 0.636. The van der Waals surface area contributed by atoms with Gasteiger partial charge in [0.15, 0.2) is 0 Å². The molecule has 1 aliphatic heterocycles. The normalized spacial score (nSPS) is 21.1. The molecule has 1 aliphatic rings. The highest BCUT2D eigenvalue weighted by Crippen LogP contribution is 2.32. The van der Waals surface area contributed by atoms with Crippen LogP contribution < -0.4 is 5.73 Å². The summed E-state index contributed by atoms with van der Waals surface area (Å²) in [5, 5.41) is -0.00866. The molecule has 0 saturated carbocycles. The summed E-state index contributed by atoms with van der Waals surface area (Å²) in [6.07, 6.45) is 0. The molecule has 1 aromatic heterocycles. The van der Waals surface area contributed by atoms with Gasteiger partial charge in [-0.25, -0.2) is 8.42 Å². The van der Waals surface area contributed by atoms with E-state index in [9.17, 15) is 8.42 Å². The van der Waals surface area contributed by atoms with Gasteiger partial charge < -0.3 is 10.2 Å². The lowest BCUT2D eigenvalue weighted by Gasteiger charge is -2.36. The van der Waals surface area contributed by atoms with Crippen LogP contribution in [0.4, 0.5) is 0 Å². The summed E-state index contributed by atoms with van der Waals surface area (Å²) in [7, 11) is -3.52. The summed E-state index contributed by atoms with van der Waals surface area (Å²) in [4.78, 5) is 0. The second-order valence-corrected chi connectivity index (χ2v) is 8.54. The third-order valence-corrected chi connectivity index (χ3v) is 5.84. The molecule has 1 fully saturated rings. The van der Waals surface area contributed by atoms with Crippen molar-refractivity contribution in [3.05, 3.63) is 17.9 Å². The van der Waals surface area contributed by atoms with E-state index in [1.54, 1.807) is 17.8 Å². The number of nitrogens with zero attached hydrogens (tertiary/aromatic N) is 1. The number of hydrogen-bond donors (Lipinski definition) is 1. The van der Waals surface area contributed by atoms with Gasteiger partial charge in [0.1, 0.15) is 5.76 Å². The Labute approximate surface area is 112 Å². The van der Waals surface area contributed by atoms with Crippen molar-refractivity contribution in [2.24, 2.45) is 5.73 Å². The van der Waals surface area contributed by atoms with Gasteiger partial charge in [0.05, 0.1) is 6.54 Å². The SMILES string of the molecule is CC1(C)CN(S(=O)(=O)c2ccc(CN)o2)CCS1. The molecule has 0 unspecified atom stereocenters. The van der Waals surface area contributed by atoms with Crippen LogP contribution in [0.5, 0.6) is 0 Å². The quantitative estimate of drug-likeness (QED) is 0.906. The molecule has 7 heteroatoms. The van der Waals surface area contributed by atoms with Crippen LogP contribution in [0.1, 0.15) is 19.6 Å². The maximum Gasteiger partial charge on any atom is 0.276 e. The third-order valence-electron chi connectivity index (χ3n) is 2.82. The standard InChI is InChI=1S/C11H18N2O3S2/c1-11(2)8-13(5-6-17-11)18(14,15)10-4-3-9(7-12)16-10/h3-4H,5-8,12H2,1-2H3. The van der Waals surface area contributed by atoms with E-state index in [1.807, 2.05) is 13.8 Å². The Morgan fingerprint density at radius 1 is 1.50 bits per heavy atom. The van der Waals surface area contributed by atoms with Crippen LogP contribution in [0.2, 0.25) is 0 Å². The van der Waals surface area contributed by atoms with Gasteiger partial charge in [-0.2, -0.15) is 16.1 Å². The van der Waals surface area contributed by atoms with E-state index in [4.69, 9.17) is 10.2 Å². The molecular formula is C11H18N2O3S2. The first-order valence-electron chi connectivity index (χ1n) is 5.78. The highest BCUT2D eigenvalue weighted by Gasteiger charge is 2.36. The number of thioether (sulfide) groups is 1. The minimum Gasteiger partial charge on any atom is -0.447 e. The molecule has 5 nitrogen and oxygen atoms in total. The Bertz CT molecular complexity index is 522. The lowest BCUT2D eigenvalue weighted by atomic mass is 10.2. The molecule has 0 radical (unpaired) electrons. The molecule has 1 saturated heterocycles. The zero-order valence-electron chi connectivity index (χ0n) is 10.5. The van der Waals surface area contributed by atoms with Crippen LogP contribution in [0.25, 0.3) is 0 Å². The minimum absolute atomic E-state index is 0.00866. The number of sulfonamides is 1. The van der Waals surface area contributed by atoms with Crippen LogP contribution in [-0.4, -0.2) is 36.3 Å². The van der Waals surface area contributed by atoms with Crippen molar-refractivity contribution in [3.63, 3.8) is 0 Å². The van der Waals surface area contributed by atoms with Gasteiger partial charge in [0.2, 0.25) is 5.09 Å². The van der Waals surface area contributed by atoms with Crippen molar-refractivity contribution in [2.45, 2.75) is 30.2 Å². The molecule has 18 heavy (non-hydrogen) atoms. The number of furan rings is 1. The summed E-state index contributed by atoms with van der Waals surface area (Å²) >= 11 is 1.79. The maximum atomic E-state index is 12.4. The summed E-state index contributed by atoms with van der Waals surface area (Å²) in [6, 6.07) is 3.09. The van der Waals surface area contributed by atoms with Crippen LogP contribution in [-0.2, 0) is 16.6 Å². The van der Waals surface area contributed by atoms with Crippen molar-refractivity contribution in [3.8, 4) is 0 Å². The molecule has 0 amide bonds. The van der Waals surface area contributed by atoms with Crippen LogP contribution in [0, 0.1) is 0 Å². The molecule has 0 spiro atoms. The third kappa shape index (κ3) is 2.74. The average Bonchev–Trinajstić information content (AvgIpc) is 2.76. The van der Waals surface area contributed by atoms with E-state index in [0.29, 0.717) is 18.8 Å². The monoisotopic (exact) mass is 290 g/mol. The molecule has 0 bridgehead atoms. The van der Waals surface area contributed by atoms with E-state index in [1.165, 1.54) is 10.4 Å². The van der Waals surface area contributed by atoms with Crippen LogP contribution in [0.3, 0.4) is 0 Å². The molecular weight excluding hydrogens is 272 g/mol. The molecule has 2 N–H and O–H groups in total. The highest BCUT2D eigenvalue weighted by molar-refractivity contribution is 8.00.